The van der Waals surface area contributed by atoms with E-state index in [1.165, 1.54) is 0 Å². The van der Waals surface area contributed by atoms with Crippen LogP contribution in [0.1, 0.15) is 34.2 Å². The summed E-state index contributed by atoms with van der Waals surface area (Å²) in [6.07, 6.45) is 1.70. The molecular formula is C20H16O4. The Morgan fingerprint density at radius 1 is 1.04 bits per heavy atom. The second-order valence-corrected chi connectivity index (χ2v) is 5.67. The number of hydrogen-bond donors (Lipinski definition) is 0. The number of furan rings is 1. The van der Waals surface area contributed by atoms with E-state index in [0.717, 1.165) is 11.3 Å². The van der Waals surface area contributed by atoms with Crippen molar-refractivity contribution in [2.75, 3.05) is 0 Å². The van der Waals surface area contributed by atoms with Crippen LogP contribution < -0.4 is 9.47 Å². The second kappa shape index (κ2) is 6.24. The van der Waals surface area contributed by atoms with Gasteiger partial charge < -0.3 is 13.9 Å². The Hall–Kier alpha value is -3.01. The van der Waals surface area contributed by atoms with Crippen molar-refractivity contribution in [3.8, 4) is 11.5 Å². The molecule has 24 heavy (non-hydrogen) atoms. The van der Waals surface area contributed by atoms with Gasteiger partial charge in [0.15, 0.2) is 5.78 Å². The summed E-state index contributed by atoms with van der Waals surface area (Å²) >= 11 is 0. The van der Waals surface area contributed by atoms with Gasteiger partial charge in [0.2, 0.25) is 0 Å². The highest BCUT2D eigenvalue weighted by Crippen LogP contribution is 2.36. The minimum Gasteiger partial charge on any atom is -0.486 e. The molecule has 0 bridgehead atoms. The summed E-state index contributed by atoms with van der Waals surface area (Å²) < 4.78 is 16.9. The molecule has 0 aliphatic carbocycles. The Bertz CT molecular complexity index is 837. The lowest BCUT2D eigenvalue weighted by molar-refractivity contribution is 0.0849. The third kappa shape index (κ3) is 2.91. The number of carbonyl (C=O) groups excluding carboxylic acids is 1. The van der Waals surface area contributed by atoms with Gasteiger partial charge in [-0.3, -0.25) is 4.79 Å². The Balaban J connectivity index is 1.53. The zero-order valence-electron chi connectivity index (χ0n) is 13.0. The van der Waals surface area contributed by atoms with Gasteiger partial charge in [0, 0.05) is 0 Å². The summed E-state index contributed by atoms with van der Waals surface area (Å²) in [6, 6.07) is 18.8. The highest BCUT2D eigenvalue weighted by Gasteiger charge is 2.27. The molecule has 0 N–H and O–H groups in total. The third-order valence-electron chi connectivity index (χ3n) is 4.02. The summed E-state index contributed by atoms with van der Waals surface area (Å²) in [4.78, 5) is 12.5. The highest BCUT2D eigenvalue weighted by molar-refractivity contribution is 6.00. The molecule has 120 valence electrons. The maximum atomic E-state index is 12.5. The van der Waals surface area contributed by atoms with Crippen LogP contribution in [0.3, 0.4) is 0 Å². The molecule has 1 aromatic heterocycles. The van der Waals surface area contributed by atoms with Crippen molar-refractivity contribution in [3.63, 3.8) is 0 Å². The number of benzene rings is 2. The quantitative estimate of drug-likeness (QED) is 0.707. The van der Waals surface area contributed by atoms with Gasteiger partial charge in [-0.1, -0.05) is 30.3 Å². The number of Topliss-reactive ketones (excluding diaryl/α,β-unsaturated/α-hetero) is 1. The zero-order chi connectivity index (χ0) is 16.4. The number of fused-ring (bicyclic) bond motifs is 1. The number of rotatable bonds is 4. The fourth-order valence-electron chi connectivity index (χ4n) is 2.80. The predicted molar refractivity (Wildman–Crippen MR) is 88.2 cm³/mol. The van der Waals surface area contributed by atoms with Gasteiger partial charge >= 0.3 is 0 Å². The summed E-state index contributed by atoms with van der Waals surface area (Å²) in [6.45, 7) is 0.327. The van der Waals surface area contributed by atoms with Crippen LogP contribution in [0.15, 0.2) is 71.3 Å². The van der Waals surface area contributed by atoms with E-state index in [1.54, 1.807) is 18.4 Å². The standard InChI is InChI=1S/C20H16O4/c21-18-12-20(14-5-2-1-3-6-14)24-19-9-8-15(11-17(18)19)23-13-16-7-4-10-22-16/h1-11,20H,12-13H2. The molecule has 0 spiro atoms. The van der Waals surface area contributed by atoms with Crippen LogP contribution in [-0.4, -0.2) is 5.78 Å². The first-order valence-corrected chi connectivity index (χ1v) is 7.83. The Morgan fingerprint density at radius 2 is 1.92 bits per heavy atom. The Morgan fingerprint density at radius 3 is 2.71 bits per heavy atom. The van der Waals surface area contributed by atoms with Gasteiger partial charge in [-0.25, -0.2) is 0 Å². The largest absolute Gasteiger partial charge is 0.486 e. The van der Waals surface area contributed by atoms with Crippen molar-refractivity contribution in [1.82, 2.24) is 0 Å². The first-order valence-electron chi connectivity index (χ1n) is 7.83. The fraction of sp³-hybridized carbons (Fsp3) is 0.150. The first kappa shape index (κ1) is 14.6. The second-order valence-electron chi connectivity index (χ2n) is 5.67. The molecule has 4 heteroatoms. The summed E-state index contributed by atoms with van der Waals surface area (Å²) in [5.41, 5.74) is 1.58. The van der Waals surface area contributed by atoms with Gasteiger partial charge in [0.05, 0.1) is 18.2 Å². The molecule has 4 nitrogen and oxygen atoms in total. The van der Waals surface area contributed by atoms with Gasteiger partial charge in [0.1, 0.15) is 30.0 Å². The average molecular weight is 320 g/mol. The van der Waals surface area contributed by atoms with E-state index in [1.807, 2.05) is 48.5 Å². The van der Waals surface area contributed by atoms with E-state index in [9.17, 15) is 4.79 Å². The van der Waals surface area contributed by atoms with Crippen LogP contribution in [0.5, 0.6) is 11.5 Å². The summed E-state index contributed by atoms with van der Waals surface area (Å²) in [5.74, 6) is 2.03. The molecule has 1 atom stereocenters. The van der Waals surface area contributed by atoms with E-state index in [4.69, 9.17) is 13.9 Å². The summed E-state index contributed by atoms with van der Waals surface area (Å²) in [5, 5.41) is 0. The van der Waals surface area contributed by atoms with E-state index >= 15 is 0 Å². The lowest BCUT2D eigenvalue weighted by atomic mass is 9.96. The molecule has 0 saturated heterocycles. The molecule has 0 radical (unpaired) electrons. The molecule has 3 aromatic rings. The van der Waals surface area contributed by atoms with Crippen LogP contribution in [0.4, 0.5) is 0 Å². The summed E-state index contributed by atoms with van der Waals surface area (Å²) in [7, 11) is 0. The molecule has 4 rings (SSSR count). The van der Waals surface area contributed by atoms with Crippen molar-refractivity contribution < 1.29 is 18.7 Å². The molecule has 1 unspecified atom stereocenters. The normalized spacial score (nSPS) is 16.3. The topological polar surface area (TPSA) is 48.7 Å². The zero-order valence-corrected chi connectivity index (χ0v) is 13.0. The molecule has 1 aliphatic rings. The van der Waals surface area contributed by atoms with E-state index in [0.29, 0.717) is 30.1 Å². The fourth-order valence-corrected chi connectivity index (χ4v) is 2.80. The van der Waals surface area contributed by atoms with Crippen LogP contribution in [0, 0.1) is 0 Å². The van der Waals surface area contributed by atoms with E-state index in [-0.39, 0.29) is 11.9 Å². The van der Waals surface area contributed by atoms with Crippen LogP contribution in [0.25, 0.3) is 0 Å². The number of ketones is 1. The van der Waals surface area contributed by atoms with Crippen molar-refractivity contribution in [2.24, 2.45) is 0 Å². The minimum absolute atomic E-state index is 0.0635. The predicted octanol–water partition coefficient (Wildman–Crippen LogP) is 4.57. The lowest BCUT2D eigenvalue weighted by Gasteiger charge is -2.25. The maximum absolute atomic E-state index is 12.5. The first-order chi connectivity index (χ1) is 11.8. The minimum atomic E-state index is -0.235. The van der Waals surface area contributed by atoms with Crippen LogP contribution in [-0.2, 0) is 6.61 Å². The Kier molecular flexibility index (Phi) is 3.79. The lowest BCUT2D eigenvalue weighted by Crippen LogP contribution is -2.20. The van der Waals surface area contributed by atoms with Gasteiger partial charge in [-0.15, -0.1) is 0 Å². The van der Waals surface area contributed by atoms with Crippen molar-refractivity contribution in [3.05, 3.63) is 83.8 Å². The molecule has 0 fully saturated rings. The molecule has 2 aromatic carbocycles. The molecule has 1 aliphatic heterocycles. The van der Waals surface area contributed by atoms with Crippen LogP contribution >= 0.6 is 0 Å². The third-order valence-corrected chi connectivity index (χ3v) is 4.02. The Labute approximate surface area is 139 Å². The number of hydrogen-bond acceptors (Lipinski definition) is 4. The maximum Gasteiger partial charge on any atom is 0.170 e. The molecule has 0 saturated carbocycles. The highest BCUT2D eigenvalue weighted by atomic mass is 16.5. The molecule has 0 amide bonds. The smallest absolute Gasteiger partial charge is 0.170 e. The van der Waals surface area contributed by atoms with Gasteiger partial charge in [-0.2, -0.15) is 0 Å². The monoisotopic (exact) mass is 320 g/mol. The number of ether oxygens (including phenoxy) is 2. The van der Waals surface area contributed by atoms with E-state index < -0.39 is 0 Å². The van der Waals surface area contributed by atoms with Gasteiger partial charge in [-0.05, 0) is 35.9 Å². The van der Waals surface area contributed by atoms with Crippen molar-refractivity contribution in [1.29, 1.82) is 0 Å². The van der Waals surface area contributed by atoms with Crippen LogP contribution in [0.2, 0.25) is 0 Å². The number of carbonyl (C=O) groups is 1. The van der Waals surface area contributed by atoms with Crippen molar-refractivity contribution in [2.45, 2.75) is 19.1 Å². The van der Waals surface area contributed by atoms with Gasteiger partial charge in [0.25, 0.3) is 0 Å². The molecular weight excluding hydrogens is 304 g/mol. The molecule has 2 heterocycles. The van der Waals surface area contributed by atoms with E-state index in [2.05, 4.69) is 0 Å². The average Bonchev–Trinajstić information content (AvgIpc) is 3.14. The SMILES string of the molecule is O=C1CC(c2ccccc2)Oc2ccc(OCc3ccco3)cc21. The van der Waals surface area contributed by atoms with Crippen molar-refractivity contribution >= 4 is 5.78 Å².